The van der Waals surface area contributed by atoms with Crippen LogP contribution >= 0.6 is 0 Å². The number of esters is 1. The molecule has 2 unspecified atom stereocenters. The fourth-order valence-corrected chi connectivity index (χ4v) is 2.41. The largest absolute Gasteiger partial charge is 0.465 e. The molecule has 3 N–H and O–H groups in total. The average molecular weight is 280 g/mol. The van der Waals surface area contributed by atoms with Gasteiger partial charge in [-0.05, 0) is 31.0 Å². The summed E-state index contributed by atoms with van der Waals surface area (Å²) >= 11 is 0. The maximum absolute atomic E-state index is 13.7. The molecule has 1 aliphatic rings. The molecule has 0 heterocycles. The molecule has 0 radical (unpaired) electrons. The van der Waals surface area contributed by atoms with Crippen LogP contribution in [0.3, 0.4) is 0 Å². The van der Waals surface area contributed by atoms with Gasteiger partial charge in [0.15, 0.2) is 0 Å². The van der Waals surface area contributed by atoms with Gasteiger partial charge in [-0.1, -0.05) is 6.42 Å². The van der Waals surface area contributed by atoms with Crippen molar-refractivity contribution < 1.29 is 18.7 Å². The third-order valence-electron chi connectivity index (χ3n) is 3.55. The van der Waals surface area contributed by atoms with Gasteiger partial charge in [0, 0.05) is 6.04 Å². The minimum atomic E-state index is -0.599. The number of carbonyl (C=O) groups excluding carboxylic acids is 2. The maximum atomic E-state index is 13.7. The zero-order valence-electron chi connectivity index (χ0n) is 11.2. The molecular weight excluding hydrogens is 263 g/mol. The second-order valence-corrected chi connectivity index (χ2v) is 4.88. The number of anilines is 1. The van der Waals surface area contributed by atoms with Crippen molar-refractivity contribution in [2.45, 2.75) is 25.3 Å². The van der Waals surface area contributed by atoms with Gasteiger partial charge in [-0.2, -0.15) is 0 Å². The average Bonchev–Trinajstić information content (AvgIpc) is 2.86. The summed E-state index contributed by atoms with van der Waals surface area (Å²) < 4.78 is 18.2. The lowest BCUT2D eigenvalue weighted by atomic mass is 10.0. The quantitative estimate of drug-likeness (QED) is 0.825. The summed E-state index contributed by atoms with van der Waals surface area (Å²) in [5.41, 5.74) is 5.99. The number of methoxy groups -OCH3 is 1. The molecule has 1 aliphatic carbocycles. The summed E-state index contributed by atoms with van der Waals surface area (Å²) in [6.45, 7) is 0. The molecule has 2 rings (SSSR count). The molecule has 0 bridgehead atoms. The molecule has 5 nitrogen and oxygen atoms in total. The fraction of sp³-hybridized carbons (Fsp3) is 0.429. The van der Waals surface area contributed by atoms with Crippen LogP contribution in [-0.2, 0) is 9.53 Å². The Bertz CT molecular complexity index is 533. The fourth-order valence-electron chi connectivity index (χ4n) is 2.41. The molecule has 1 fully saturated rings. The van der Waals surface area contributed by atoms with E-state index in [0.29, 0.717) is 6.42 Å². The van der Waals surface area contributed by atoms with Gasteiger partial charge in [0.1, 0.15) is 5.82 Å². The van der Waals surface area contributed by atoms with Crippen molar-refractivity contribution in [2.75, 3.05) is 12.4 Å². The second-order valence-electron chi connectivity index (χ2n) is 4.88. The van der Waals surface area contributed by atoms with Crippen LogP contribution in [0.2, 0.25) is 0 Å². The van der Waals surface area contributed by atoms with E-state index in [2.05, 4.69) is 10.1 Å². The normalized spacial score (nSPS) is 21.6. The van der Waals surface area contributed by atoms with Crippen molar-refractivity contribution in [3.05, 3.63) is 29.6 Å². The Hall–Kier alpha value is -1.95. The first kappa shape index (κ1) is 14.5. The molecule has 2 atom stereocenters. The maximum Gasteiger partial charge on any atom is 0.337 e. The van der Waals surface area contributed by atoms with Crippen LogP contribution in [0.25, 0.3) is 0 Å². The Morgan fingerprint density at radius 2 is 2.15 bits per heavy atom. The molecule has 6 heteroatoms. The van der Waals surface area contributed by atoms with Crippen molar-refractivity contribution in [1.82, 2.24) is 0 Å². The van der Waals surface area contributed by atoms with Gasteiger partial charge >= 0.3 is 5.97 Å². The Kier molecular flexibility index (Phi) is 4.34. The highest BCUT2D eigenvalue weighted by molar-refractivity contribution is 5.96. The molecule has 0 aromatic heterocycles. The summed E-state index contributed by atoms with van der Waals surface area (Å²) in [7, 11) is 1.24. The summed E-state index contributed by atoms with van der Waals surface area (Å²) in [6.07, 6.45) is 2.39. The number of hydrogen-bond donors (Lipinski definition) is 2. The Morgan fingerprint density at radius 1 is 1.40 bits per heavy atom. The molecule has 0 saturated heterocycles. The third-order valence-corrected chi connectivity index (χ3v) is 3.55. The number of benzene rings is 1. The van der Waals surface area contributed by atoms with Crippen LogP contribution in [0, 0.1) is 11.7 Å². The lowest BCUT2D eigenvalue weighted by Gasteiger charge is -2.15. The van der Waals surface area contributed by atoms with E-state index in [0.717, 1.165) is 18.9 Å². The molecule has 20 heavy (non-hydrogen) atoms. The topological polar surface area (TPSA) is 81.4 Å². The highest BCUT2D eigenvalue weighted by Gasteiger charge is 2.30. The Balaban J connectivity index is 2.16. The lowest BCUT2D eigenvalue weighted by Crippen LogP contribution is -2.34. The zero-order chi connectivity index (χ0) is 14.7. The minimum Gasteiger partial charge on any atom is -0.465 e. The van der Waals surface area contributed by atoms with E-state index >= 15 is 0 Å². The Labute approximate surface area is 116 Å². The van der Waals surface area contributed by atoms with E-state index in [1.165, 1.54) is 19.2 Å². The van der Waals surface area contributed by atoms with Crippen molar-refractivity contribution in [1.29, 1.82) is 0 Å². The number of ether oxygens (including phenoxy) is 1. The summed E-state index contributed by atoms with van der Waals surface area (Å²) in [5.74, 6) is -1.80. The van der Waals surface area contributed by atoms with Crippen molar-refractivity contribution in [3.8, 4) is 0 Å². The number of carbonyl (C=O) groups is 2. The number of amides is 1. The lowest BCUT2D eigenvalue weighted by molar-refractivity contribution is -0.120. The summed E-state index contributed by atoms with van der Waals surface area (Å²) in [5, 5.41) is 2.50. The first-order valence-electron chi connectivity index (χ1n) is 6.47. The second kappa shape index (κ2) is 6.00. The van der Waals surface area contributed by atoms with Crippen LogP contribution < -0.4 is 11.1 Å². The molecule has 1 saturated carbocycles. The van der Waals surface area contributed by atoms with Crippen LogP contribution in [0.5, 0.6) is 0 Å². The molecule has 1 aromatic carbocycles. The van der Waals surface area contributed by atoms with E-state index in [1.54, 1.807) is 0 Å². The van der Waals surface area contributed by atoms with Gasteiger partial charge in [-0.25, -0.2) is 9.18 Å². The monoisotopic (exact) mass is 280 g/mol. The molecule has 1 amide bonds. The number of hydrogen-bond acceptors (Lipinski definition) is 4. The van der Waals surface area contributed by atoms with Crippen molar-refractivity contribution in [3.63, 3.8) is 0 Å². The van der Waals surface area contributed by atoms with Crippen LogP contribution in [-0.4, -0.2) is 25.0 Å². The van der Waals surface area contributed by atoms with Gasteiger partial charge in [0.2, 0.25) is 5.91 Å². The van der Waals surface area contributed by atoms with Gasteiger partial charge in [-0.15, -0.1) is 0 Å². The minimum absolute atomic E-state index is 0.0306. The van der Waals surface area contributed by atoms with E-state index < -0.39 is 11.8 Å². The highest BCUT2D eigenvalue weighted by atomic mass is 19.1. The standard InChI is InChI=1S/C14H17FN2O3/c1-20-14(19)8-5-6-10(15)12(7-8)17-13(18)9-3-2-4-11(9)16/h5-7,9,11H,2-4,16H2,1H3,(H,17,18). The van der Waals surface area contributed by atoms with Gasteiger partial charge in [0.05, 0.1) is 24.3 Å². The van der Waals surface area contributed by atoms with Crippen molar-refractivity contribution >= 4 is 17.6 Å². The van der Waals surface area contributed by atoms with E-state index in [9.17, 15) is 14.0 Å². The predicted octanol–water partition coefficient (Wildman–Crippen LogP) is 1.68. The smallest absolute Gasteiger partial charge is 0.337 e. The number of nitrogens with one attached hydrogen (secondary N) is 1. The van der Waals surface area contributed by atoms with Gasteiger partial charge < -0.3 is 15.8 Å². The summed E-state index contributed by atoms with van der Waals surface area (Å²) in [6, 6.07) is 3.50. The highest BCUT2D eigenvalue weighted by Crippen LogP contribution is 2.26. The van der Waals surface area contributed by atoms with E-state index in [4.69, 9.17) is 5.73 Å². The van der Waals surface area contributed by atoms with Crippen LogP contribution in [0.1, 0.15) is 29.6 Å². The zero-order valence-corrected chi connectivity index (χ0v) is 11.2. The van der Waals surface area contributed by atoms with Crippen molar-refractivity contribution in [2.24, 2.45) is 11.7 Å². The first-order chi connectivity index (χ1) is 9.52. The number of rotatable bonds is 3. The van der Waals surface area contributed by atoms with E-state index in [1.807, 2.05) is 0 Å². The third kappa shape index (κ3) is 2.96. The number of halogens is 1. The molecule has 0 spiro atoms. The van der Waals surface area contributed by atoms with Gasteiger partial charge in [0.25, 0.3) is 0 Å². The molecule has 0 aliphatic heterocycles. The molecule has 1 aromatic rings. The van der Waals surface area contributed by atoms with Crippen LogP contribution in [0.15, 0.2) is 18.2 Å². The first-order valence-corrected chi connectivity index (χ1v) is 6.47. The SMILES string of the molecule is COC(=O)c1ccc(F)c(NC(=O)C2CCCC2N)c1. The molecule has 108 valence electrons. The number of nitrogens with two attached hydrogens (primary N) is 1. The predicted molar refractivity (Wildman–Crippen MR) is 71.7 cm³/mol. The summed E-state index contributed by atoms with van der Waals surface area (Å²) in [4.78, 5) is 23.4. The Morgan fingerprint density at radius 3 is 2.75 bits per heavy atom. The molecular formula is C14H17FN2O3. The van der Waals surface area contributed by atoms with Gasteiger partial charge in [-0.3, -0.25) is 4.79 Å². The van der Waals surface area contributed by atoms with E-state index in [-0.39, 0.29) is 29.1 Å². The van der Waals surface area contributed by atoms with Crippen LogP contribution in [0.4, 0.5) is 10.1 Å².